The highest BCUT2D eigenvalue weighted by Crippen LogP contribution is 2.33. The first-order valence-corrected chi connectivity index (χ1v) is 5.74. The summed E-state index contributed by atoms with van der Waals surface area (Å²) in [5, 5.41) is 0. The number of hydrogen-bond acceptors (Lipinski definition) is 2. The van der Waals surface area contributed by atoms with Gasteiger partial charge in [-0.25, -0.2) is 4.79 Å². The van der Waals surface area contributed by atoms with Crippen LogP contribution in [0, 0.1) is 0 Å². The van der Waals surface area contributed by atoms with Crippen molar-refractivity contribution in [3.8, 4) is 0 Å². The normalized spacial score (nSPS) is 20.5. The predicted octanol–water partition coefficient (Wildman–Crippen LogP) is 3.76. The summed E-state index contributed by atoms with van der Waals surface area (Å²) in [6.07, 6.45) is 0.344. The standard InChI is InChI=1S/C12H17F3O2/c1-9(12(13,14)15)10(16)17-11(2)7-5-3-4-6-8-11/h1,3-8H2,2H3. The van der Waals surface area contributed by atoms with Crippen LogP contribution in [-0.4, -0.2) is 17.7 Å². The maximum Gasteiger partial charge on any atom is 0.422 e. The first kappa shape index (κ1) is 14.1. The van der Waals surface area contributed by atoms with Crippen LogP contribution >= 0.6 is 0 Å². The molecular weight excluding hydrogens is 233 g/mol. The van der Waals surface area contributed by atoms with E-state index in [0.717, 1.165) is 25.7 Å². The topological polar surface area (TPSA) is 26.3 Å². The van der Waals surface area contributed by atoms with E-state index < -0.39 is 23.3 Å². The molecular formula is C12H17F3O2. The molecule has 0 spiro atoms. The Morgan fingerprint density at radius 1 is 1.18 bits per heavy atom. The van der Waals surface area contributed by atoms with Crippen molar-refractivity contribution in [2.24, 2.45) is 0 Å². The maximum absolute atomic E-state index is 12.3. The number of alkyl halides is 3. The highest BCUT2D eigenvalue weighted by atomic mass is 19.4. The van der Waals surface area contributed by atoms with Crippen LogP contribution in [0.4, 0.5) is 13.2 Å². The van der Waals surface area contributed by atoms with Gasteiger partial charge in [-0.2, -0.15) is 13.2 Å². The quantitative estimate of drug-likeness (QED) is 0.423. The Morgan fingerprint density at radius 3 is 2.06 bits per heavy atom. The minimum absolute atomic E-state index is 0.615. The average Bonchev–Trinajstić information content (AvgIpc) is 2.40. The molecule has 0 bridgehead atoms. The van der Waals surface area contributed by atoms with Gasteiger partial charge in [0.1, 0.15) is 11.2 Å². The highest BCUT2D eigenvalue weighted by molar-refractivity contribution is 5.89. The van der Waals surface area contributed by atoms with E-state index in [-0.39, 0.29) is 0 Å². The minimum atomic E-state index is -4.71. The summed E-state index contributed by atoms with van der Waals surface area (Å²) in [6.45, 7) is 4.44. The molecule has 0 heterocycles. The zero-order valence-corrected chi connectivity index (χ0v) is 9.90. The number of esters is 1. The molecule has 1 aliphatic carbocycles. The van der Waals surface area contributed by atoms with Crippen molar-refractivity contribution in [1.29, 1.82) is 0 Å². The second-order valence-electron chi connectivity index (χ2n) is 4.73. The van der Waals surface area contributed by atoms with Crippen molar-refractivity contribution in [2.45, 2.75) is 57.2 Å². The molecule has 0 radical (unpaired) electrons. The third-order valence-corrected chi connectivity index (χ3v) is 3.09. The van der Waals surface area contributed by atoms with Crippen molar-refractivity contribution in [2.75, 3.05) is 0 Å². The molecule has 0 N–H and O–H groups in total. The molecule has 1 fully saturated rings. The first-order valence-electron chi connectivity index (χ1n) is 5.74. The number of carbonyl (C=O) groups excluding carboxylic acids is 1. The van der Waals surface area contributed by atoms with Crippen LogP contribution in [0.5, 0.6) is 0 Å². The molecule has 0 aromatic carbocycles. The van der Waals surface area contributed by atoms with Crippen molar-refractivity contribution in [1.82, 2.24) is 0 Å². The number of carbonyl (C=O) groups is 1. The van der Waals surface area contributed by atoms with Crippen LogP contribution in [0.25, 0.3) is 0 Å². The molecule has 1 rings (SSSR count). The summed E-state index contributed by atoms with van der Waals surface area (Å²) in [7, 11) is 0. The van der Waals surface area contributed by atoms with E-state index >= 15 is 0 Å². The van der Waals surface area contributed by atoms with E-state index in [1.807, 2.05) is 0 Å². The number of ether oxygens (including phenoxy) is 1. The molecule has 0 amide bonds. The second-order valence-corrected chi connectivity index (χ2v) is 4.73. The molecule has 1 saturated carbocycles. The summed E-state index contributed by atoms with van der Waals surface area (Å²) in [5.74, 6) is -1.35. The van der Waals surface area contributed by atoms with Crippen molar-refractivity contribution in [3.63, 3.8) is 0 Å². The zero-order chi connectivity index (χ0) is 13.1. The van der Waals surface area contributed by atoms with Gasteiger partial charge in [0.2, 0.25) is 0 Å². The van der Waals surface area contributed by atoms with Crippen molar-refractivity contribution >= 4 is 5.97 Å². The van der Waals surface area contributed by atoms with E-state index in [1.54, 1.807) is 6.92 Å². The zero-order valence-electron chi connectivity index (χ0n) is 9.90. The third kappa shape index (κ3) is 4.06. The third-order valence-electron chi connectivity index (χ3n) is 3.09. The van der Waals surface area contributed by atoms with Crippen LogP contribution in [0.15, 0.2) is 12.2 Å². The van der Waals surface area contributed by atoms with Gasteiger partial charge in [-0.3, -0.25) is 0 Å². The monoisotopic (exact) mass is 250 g/mol. The van der Waals surface area contributed by atoms with Crippen LogP contribution in [0.3, 0.4) is 0 Å². The van der Waals surface area contributed by atoms with Crippen molar-refractivity contribution in [3.05, 3.63) is 12.2 Å². The number of halogens is 3. The first-order chi connectivity index (χ1) is 7.75. The Balaban J connectivity index is 2.63. The van der Waals surface area contributed by atoms with Crippen LogP contribution in [0.1, 0.15) is 45.4 Å². The maximum atomic E-state index is 12.3. The number of rotatable bonds is 2. The molecule has 0 unspecified atom stereocenters. The Hall–Kier alpha value is -1.00. The fourth-order valence-electron chi connectivity index (χ4n) is 1.98. The summed E-state index contributed by atoms with van der Waals surface area (Å²) in [4.78, 5) is 11.3. The highest BCUT2D eigenvalue weighted by Gasteiger charge is 2.40. The van der Waals surface area contributed by atoms with Gasteiger partial charge < -0.3 is 4.74 Å². The number of hydrogen-bond donors (Lipinski definition) is 0. The smallest absolute Gasteiger partial charge is 0.422 e. The SMILES string of the molecule is C=C(C(=O)OC1(C)CCCCCC1)C(F)(F)F. The lowest BCUT2D eigenvalue weighted by molar-refractivity contribution is -0.164. The van der Waals surface area contributed by atoms with Crippen LogP contribution in [-0.2, 0) is 9.53 Å². The lowest BCUT2D eigenvalue weighted by atomic mass is 9.97. The largest absolute Gasteiger partial charge is 0.456 e. The molecule has 98 valence electrons. The molecule has 1 aliphatic rings. The van der Waals surface area contributed by atoms with E-state index in [1.165, 1.54) is 0 Å². The van der Waals surface area contributed by atoms with Gasteiger partial charge in [0.15, 0.2) is 0 Å². The van der Waals surface area contributed by atoms with Gasteiger partial charge in [-0.15, -0.1) is 0 Å². The molecule has 0 saturated heterocycles. The summed E-state index contributed by atoms with van der Waals surface area (Å²) >= 11 is 0. The predicted molar refractivity (Wildman–Crippen MR) is 57.4 cm³/mol. The van der Waals surface area contributed by atoms with Crippen molar-refractivity contribution < 1.29 is 22.7 Å². The Morgan fingerprint density at radius 2 is 1.65 bits per heavy atom. The van der Waals surface area contributed by atoms with Gasteiger partial charge in [0.25, 0.3) is 0 Å². The van der Waals surface area contributed by atoms with E-state index in [9.17, 15) is 18.0 Å². The van der Waals surface area contributed by atoms with Gasteiger partial charge in [-0.1, -0.05) is 19.4 Å². The van der Waals surface area contributed by atoms with Gasteiger partial charge in [0.05, 0.1) is 0 Å². The summed E-state index contributed by atoms with van der Waals surface area (Å²) < 4.78 is 41.8. The Labute approximate surface area is 98.8 Å². The second kappa shape index (κ2) is 5.10. The fourth-order valence-corrected chi connectivity index (χ4v) is 1.98. The molecule has 0 aliphatic heterocycles. The molecule has 0 aromatic heterocycles. The van der Waals surface area contributed by atoms with E-state index in [0.29, 0.717) is 12.8 Å². The molecule has 0 aromatic rings. The lowest BCUT2D eigenvalue weighted by Gasteiger charge is -2.28. The van der Waals surface area contributed by atoms with Crippen LogP contribution in [0.2, 0.25) is 0 Å². The lowest BCUT2D eigenvalue weighted by Crippen LogP contribution is -2.34. The van der Waals surface area contributed by atoms with Gasteiger partial charge in [0, 0.05) is 0 Å². The summed E-state index contributed by atoms with van der Waals surface area (Å²) in [5.41, 5.74) is -2.20. The minimum Gasteiger partial charge on any atom is -0.456 e. The Kier molecular flexibility index (Phi) is 4.22. The van der Waals surface area contributed by atoms with Gasteiger partial charge >= 0.3 is 12.1 Å². The van der Waals surface area contributed by atoms with E-state index in [2.05, 4.69) is 6.58 Å². The van der Waals surface area contributed by atoms with E-state index in [4.69, 9.17) is 4.74 Å². The fraction of sp³-hybridized carbons (Fsp3) is 0.750. The molecule has 0 atom stereocenters. The molecule has 17 heavy (non-hydrogen) atoms. The summed E-state index contributed by atoms with van der Waals surface area (Å²) in [6, 6.07) is 0. The average molecular weight is 250 g/mol. The van der Waals surface area contributed by atoms with Crippen LogP contribution < -0.4 is 0 Å². The molecule has 5 heteroatoms. The Bertz CT molecular complexity index is 299. The molecule has 2 nitrogen and oxygen atoms in total. The van der Waals surface area contributed by atoms with Gasteiger partial charge in [-0.05, 0) is 32.6 Å².